The average Bonchev–Trinajstić information content (AvgIpc) is 3.24. The van der Waals surface area contributed by atoms with Gasteiger partial charge in [0, 0.05) is 5.54 Å². The summed E-state index contributed by atoms with van der Waals surface area (Å²) in [4.78, 5) is 41.0. The Morgan fingerprint density at radius 3 is 2.40 bits per heavy atom. The highest BCUT2D eigenvalue weighted by molar-refractivity contribution is 5.88. The van der Waals surface area contributed by atoms with E-state index in [1.807, 2.05) is 51.1 Å². The maximum Gasteiger partial charge on any atom is 0.411 e. The largest absolute Gasteiger partial charge is 0.464 e. The number of benzene rings is 2. The predicted molar refractivity (Wildman–Crippen MR) is 129 cm³/mol. The van der Waals surface area contributed by atoms with Crippen LogP contribution in [0.3, 0.4) is 0 Å². The summed E-state index contributed by atoms with van der Waals surface area (Å²) in [5.41, 5.74) is 0.682. The number of amides is 2. The summed E-state index contributed by atoms with van der Waals surface area (Å²) in [5, 5.41) is 3.01. The number of esters is 1. The van der Waals surface area contributed by atoms with Gasteiger partial charge in [0.15, 0.2) is 0 Å². The monoisotopic (exact) mass is 484 g/mol. The third-order valence-corrected chi connectivity index (χ3v) is 6.34. The van der Waals surface area contributed by atoms with Gasteiger partial charge in [-0.1, -0.05) is 49.4 Å². The summed E-state index contributed by atoms with van der Waals surface area (Å²) in [6.45, 7) is 7.52. The molecule has 1 N–H and O–H groups in total. The van der Waals surface area contributed by atoms with Crippen molar-refractivity contribution in [1.29, 1.82) is 0 Å². The first-order valence-corrected chi connectivity index (χ1v) is 11.9. The Balaban J connectivity index is 2.00. The molecule has 0 aromatic heterocycles. The molecule has 1 fully saturated rings. The number of carbonyl (C=O) groups is 3. The number of rotatable bonds is 8. The molecule has 3 rings (SSSR count). The first kappa shape index (κ1) is 26.2. The van der Waals surface area contributed by atoms with Crippen molar-refractivity contribution in [2.24, 2.45) is 5.92 Å². The topological polar surface area (TPSA) is 84.9 Å². The maximum atomic E-state index is 14.2. The molecule has 35 heavy (non-hydrogen) atoms. The highest BCUT2D eigenvalue weighted by Gasteiger charge is 2.52. The van der Waals surface area contributed by atoms with Gasteiger partial charge < -0.3 is 14.8 Å². The van der Waals surface area contributed by atoms with Crippen LogP contribution in [0.2, 0.25) is 0 Å². The van der Waals surface area contributed by atoms with Gasteiger partial charge in [0.25, 0.3) is 0 Å². The Kier molecular flexibility index (Phi) is 8.48. The third kappa shape index (κ3) is 6.38. The van der Waals surface area contributed by atoms with Crippen molar-refractivity contribution >= 4 is 18.0 Å². The lowest BCUT2D eigenvalue weighted by atomic mass is 9.90. The highest BCUT2D eigenvalue weighted by atomic mass is 19.1. The van der Waals surface area contributed by atoms with Gasteiger partial charge in [0.2, 0.25) is 5.91 Å². The van der Waals surface area contributed by atoms with E-state index in [1.54, 1.807) is 13.0 Å². The highest BCUT2D eigenvalue weighted by Crippen LogP contribution is 2.43. The van der Waals surface area contributed by atoms with Crippen molar-refractivity contribution in [1.82, 2.24) is 10.2 Å². The number of hydrogen-bond donors (Lipinski definition) is 1. The Morgan fingerprint density at radius 2 is 1.77 bits per heavy atom. The normalized spacial score (nSPS) is 19.8. The molecule has 3 atom stereocenters. The van der Waals surface area contributed by atoms with Crippen LogP contribution in [0.4, 0.5) is 9.18 Å². The molecule has 0 unspecified atom stereocenters. The molecule has 2 amide bonds. The van der Waals surface area contributed by atoms with Crippen LogP contribution in [0.25, 0.3) is 0 Å². The minimum atomic E-state index is -1.05. The standard InChI is InChI=1S/C27H33FN2O5/c1-5-27(3,4)29-24(31)21-16-22(25(32)34-6-2)30(23(21)19-13-10-14-20(28)15-19)26(33)35-17-18-11-8-7-9-12-18/h7-15,21-23H,5-6,16-17H2,1-4H3,(H,29,31)/t21-,22-,23-/m0/s1. The van der Waals surface area contributed by atoms with Gasteiger partial charge in [0.1, 0.15) is 18.5 Å². The summed E-state index contributed by atoms with van der Waals surface area (Å²) in [6, 6.07) is 12.9. The van der Waals surface area contributed by atoms with E-state index in [4.69, 9.17) is 9.47 Å². The van der Waals surface area contributed by atoms with Crippen LogP contribution >= 0.6 is 0 Å². The van der Waals surface area contributed by atoms with Crippen LogP contribution in [0, 0.1) is 11.7 Å². The van der Waals surface area contributed by atoms with Gasteiger partial charge in [-0.3, -0.25) is 9.69 Å². The summed E-state index contributed by atoms with van der Waals surface area (Å²) in [6.07, 6.45) is -0.0574. The Hall–Kier alpha value is -3.42. The van der Waals surface area contributed by atoms with Crippen molar-refractivity contribution in [2.75, 3.05) is 6.61 Å². The second kappa shape index (κ2) is 11.3. The fourth-order valence-corrected chi connectivity index (χ4v) is 4.20. The summed E-state index contributed by atoms with van der Waals surface area (Å²) in [7, 11) is 0. The van der Waals surface area contributed by atoms with Crippen LogP contribution in [0.5, 0.6) is 0 Å². The van der Waals surface area contributed by atoms with Crippen LogP contribution < -0.4 is 5.32 Å². The summed E-state index contributed by atoms with van der Waals surface area (Å²) in [5.74, 6) is -2.26. The van der Waals surface area contributed by atoms with Gasteiger partial charge in [-0.2, -0.15) is 0 Å². The zero-order valence-corrected chi connectivity index (χ0v) is 20.6. The molecule has 0 aliphatic carbocycles. The molecule has 1 saturated heterocycles. The molecule has 7 nitrogen and oxygen atoms in total. The van der Waals surface area contributed by atoms with E-state index < -0.39 is 41.4 Å². The zero-order valence-electron chi connectivity index (χ0n) is 20.6. The van der Waals surface area contributed by atoms with E-state index in [0.717, 1.165) is 5.56 Å². The minimum absolute atomic E-state index is 0.0126. The summed E-state index contributed by atoms with van der Waals surface area (Å²) < 4.78 is 25.0. The molecule has 2 aromatic carbocycles. The lowest BCUT2D eigenvalue weighted by molar-refractivity contribution is -0.148. The van der Waals surface area contributed by atoms with Crippen LogP contribution in [-0.2, 0) is 25.7 Å². The van der Waals surface area contributed by atoms with Crippen LogP contribution in [-0.4, -0.2) is 41.1 Å². The zero-order chi connectivity index (χ0) is 25.6. The van der Waals surface area contributed by atoms with Gasteiger partial charge in [-0.25, -0.2) is 14.0 Å². The smallest absolute Gasteiger partial charge is 0.411 e. The molecule has 0 spiro atoms. The average molecular weight is 485 g/mol. The number of nitrogens with one attached hydrogen (secondary N) is 1. The van der Waals surface area contributed by atoms with Gasteiger partial charge >= 0.3 is 12.1 Å². The number of nitrogens with zero attached hydrogens (tertiary/aromatic N) is 1. The van der Waals surface area contributed by atoms with Gasteiger partial charge in [0.05, 0.1) is 18.6 Å². The van der Waals surface area contributed by atoms with Crippen molar-refractivity contribution in [3.63, 3.8) is 0 Å². The van der Waals surface area contributed by atoms with Crippen molar-refractivity contribution < 1.29 is 28.2 Å². The molecule has 1 aliphatic heterocycles. The van der Waals surface area contributed by atoms with E-state index in [0.29, 0.717) is 12.0 Å². The third-order valence-electron chi connectivity index (χ3n) is 6.34. The Bertz CT molecular complexity index is 1040. The molecule has 2 aromatic rings. The molecule has 8 heteroatoms. The first-order chi connectivity index (χ1) is 16.7. The van der Waals surface area contributed by atoms with E-state index in [2.05, 4.69) is 5.32 Å². The molecule has 1 aliphatic rings. The number of likely N-dealkylation sites (tertiary alicyclic amines) is 1. The van der Waals surface area contributed by atoms with Crippen molar-refractivity contribution in [3.05, 3.63) is 71.5 Å². The molecular weight excluding hydrogens is 451 g/mol. The lowest BCUT2D eigenvalue weighted by Crippen LogP contribution is -2.47. The predicted octanol–water partition coefficient (Wildman–Crippen LogP) is 4.76. The SMILES string of the molecule is CCOC(=O)[C@@H]1C[C@H](C(=O)NC(C)(C)CC)[C@H](c2cccc(F)c2)N1C(=O)OCc1ccccc1. The van der Waals surface area contributed by atoms with E-state index in [9.17, 15) is 18.8 Å². The van der Waals surface area contributed by atoms with E-state index >= 15 is 0 Å². The number of hydrogen-bond acceptors (Lipinski definition) is 5. The molecule has 0 radical (unpaired) electrons. The second-order valence-corrected chi connectivity index (χ2v) is 9.28. The lowest BCUT2D eigenvalue weighted by Gasteiger charge is -2.32. The Morgan fingerprint density at radius 1 is 1.06 bits per heavy atom. The fraction of sp³-hybridized carbons (Fsp3) is 0.444. The maximum absolute atomic E-state index is 14.2. The van der Waals surface area contributed by atoms with Gasteiger partial charge in [-0.05, 0) is 56.9 Å². The molecule has 188 valence electrons. The number of carbonyl (C=O) groups excluding carboxylic acids is 3. The van der Waals surface area contributed by atoms with Crippen LogP contribution in [0.15, 0.2) is 54.6 Å². The van der Waals surface area contributed by atoms with Crippen molar-refractivity contribution in [2.45, 2.75) is 64.8 Å². The molecule has 1 heterocycles. The molecule has 0 saturated carbocycles. The second-order valence-electron chi connectivity index (χ2n) is 9.28. The van der Waals surface area contributed by atoms with Crippen molar-refractivity contribution in [3.8, 4) is 0 Å². The number of ether oxygens (including phenoxy) is 2. The van der Waals surface area contributed by atoms with E-state index in [-0.39, 0.29) is 25.5 Å². The minimum Gasteiger partial charge on any atom is -0.464 e. The molecule has 0 bridgehead atoms. The quantitative estimate of drug-likeness (QED) is 0.546. The first-order valence-electron chi connectivity index (χ1n) is 11.9. The number of halogens is 1. The van der Waals surface area contributed by atoms with Gasteiger partial charge in [-0.15, -0.1) is 0 Å². The van der Waals surface area contributed by atoms with E-state index in [1.165, 1.54) is 23.1 Å². The Labute approximate surface area is 205 Å². The van der Waals surface area contributed by atoms with Crippen LogP contribution in [0.1, 0.15) is 57.7 Å². The fourth-order valence-electron chi connectivity index (χ4n) is 4.20. The summed E-state index contributed by atoms with van der Waals surface area (Å²) >= 11 is 0. The molecular formula is C27H33FN2O5.